The molecule has 0 saturated carbocycles. The number of benzene rings is 3. The second kappa shape index (κ2) is 13.0. The van der Waals surface area contributed by atoms with Gasteiger partial charge in [-0.05, 0) is 92.6 Å². The molecule has 0 aliphatic rings. The van der Waals surface area contributed by atoms with E-state index in [1.807, 2.05) is 0 Å². The van der Waals surface area contributed by atoms with Crippen LogP contribution in [0.5, 0.6) is 0 Å². The molecule has 0 aliphatic carbocycles. The quantitative estimate of drug-likeness (QED) is 0.223. The highest BCUT2D eigenvalue weighted by Gasteiger charge is 2.27. The van der Waals surface area contributed by atoms with Gasteiger partial charge in [-0.2, -0.15) is 4.36 Å². The zero-order valence-corrected chi connectivity index (χ0v) is 26.7. The molecule has 0 bridgehead atoms. The Morgan fingerprint density at radius 2 is 1.44 bits per heavy atom. The van der Waals surface area contributed by atoms with E-state index in [1.54, 1.807) is 84.0 Å². The molecule has 2 N–H and O–H groups in total. The Kier molecular flexibility index (Phi) is 9.53. The van der Waals surface area contributed by atoms with Crippen LogP contribution >= 0.6 is 0 Å². The number of anilines is 2. The highest BCUT2D eigenvalue weighted by atomic mass is 32.2. The highest BCUT2D eigenvalue weighted by molar-refractivity contribution is 7.94. The second-order valence-electron chi connectivity index (χ2n) is 12.2. The first-order chi connectivity index (χ1) is 21.0. The van der Waals surface area contributed by atoms with E-state index in [2.05, 4.69) is 20.0 Å². The lowest BCUT2D eigenvalue weighted by atomic mass is 9.96. The van der Waals surface area contributed by atoms with Crippen LogP contribution in [-0.4, -0.2) is 32.7 Å². The molecule has 9 nitrogen and oxygen atoms in total. The molecule has 4 aromatic rings. The Balaban J connectivity index is 1.69. The molecule has 0 fully saturated rings. The van der Waals surface area contributed by atoms with Crippen molar-refractivity contribution >= 4 is 39.0 Å². The summed E-state index contributed by atoms with van der Waals surface area (Å²) in [4.78, 5) is 43.3. The summed E-state index contributed by atoms with van der Waals surface area (Å²) in [7, 11) is -3.46. The number of carbonyl (C=O) groups excluding carboxylic acids is 3. The van der Waals surface area contributed by atoms with Gasteiger partial charge >= 0.3 is 6.09 Å². The minimum absolute atomic E-state index is 0.121. The van der Waals surface area contributed by atoms with E-state index >= 15 is 0 Å². The largest absolute Gasteiger partial charge is 0.444 e. The smallest absolute Gasteiger partial charge is 0.412 e. The van der Waals surface area contributed by atoms with Crippen LogP contribution in [0.2, 0.25) is 0 Å². The zero-order chi connectivity index (χ0) is 33.0. The number of ether oxygens (including phenoxy) is 1. The molecular weight excluding hydrogens is 595 g/mol. The van der Waals surface area contributed by atoms with E-state index in [4.69, 9.17) is 4.74 Å². The van der Waals surface area contributed by atoms with Crippen molar-refractivity contribution in [2.45, 2.75) is 57.1 Å². The number of nitrogens with one attached hydrogen (secondary N) is 2. The van der Waals surface area contributed by atoms with Crippen LogP contribution in [0.4, 0.5) is 20.6 Å². The Morgan fingerprint density at radius 3 is 2.02 bits per heavy atom. The van der Waals surface area contributed by atoms with Gasteiger partial charge in [0, 0.05) is 17.2 Å². The normalized spacial score (nSPS) is 12.9. The molecule has 4 rings (SSSR count). The van der Waals surface area contributed by atoms with Gasteiger partial charge < -0.3 is 10.1 Å². The lowest BCUT2D eigenvalue weighted by Crippen LogP contribution is -2.27. The van der Waals surface area contributed by atoms with Crippen molar-refractivity contribution < 1.29 is 27.7 Å². The van der Waals surface area contributed by atoms with E-state index in [-0.39, 0.29) is 32.7 Å². The number of nitrogens with zero attached hydrogens (tertiary/aromatic N) is 2. The summed E-state index contributed by atoms with van der Waals surface area (Å²) in [5, 5.41) is 5.60. The van der Waals surface area contributed by atoms with Gasteiger partial charge in [-0.1, -0.05) is 45.0 Å². The van der Waals surface area contributed by atoms with Crippen LogP contribution in [0, 0.1) is 11.2 Å². The van der Waals surface area contributed by atoms with E-state index in [0.717, 1.165) is 0 Å². The topological polar surface area (TPSA) is 127 Å². The lowest BCUT2D eigenvalue weighted by Gasteiger charge is -2.21. The molecule has 11 heteroatoms. The molecule has 1 atom stereocenters. The van der Waals surface area contributed by atoms with E-state index < -0.39 is 38.7 Å². The van der Waals surface area contributed by atoms with Crippen molar-refractivity contribution in [1.29, 1.82) is 0 Å². The number of carbonyl (C=O) groups is 3. The number of hydrogen-bond donors (Lipinski definition) is 2. The number of aromatic nitrogens is 1. The first kappa shape index (κ1) is 33.0. The molecule has 0 aliphatic heterocycles. The first-order valence-electron chi connectivity index (χ1n) is 14.1. The van der Waals surface area contributed by atoms with Crippen molar-refractivity contribution in [3.8, 4) is 11.1 Å². The second-order valence-corrected chi connectivity index (χ2v) is 14.3. The number of halogens is 1. The third-order valence-corrected chi connectivity index (χ3v) is 8.43. The molecule has 1 unspecified atom stereocenters. The average Bonchev–Trinajstić information content (AvgIpc) is 2.97. The predicted octanol–water partition coefficient (Wildman–Crippen LogP) is 7.95. The molecule has 0 spiro atoms. The molecular formula is C34H35FN4O5S. The van der Waals surface area contributed by atoms with Crippen LogP contribution in [0.1, 0.15) is 51.9 Å². The van der Waals surface area contributed by atoms with Crippen LogP contribution in [0.25, 0.3) is 11.1 Å². The Morgan fingerprint density at radius 1 is 0.800 bits per heavy atom. The SMILES string of the molecule is CC(C)(C)OC(=O)Nc1ccc(-c2ccc(F)cc2)cc1NC(=O)c1ccc(S(=O)(=NC(=O)C(C)(C)C)c2ccccn2)cc1. The van der Waals surface area contributed by atoms with Gasteiger partial charge in [0.05, 0.1) is 16.3 Å². The third-order valence-electron chi connectivity index (χ3n) is 6.29. The molecule has 1 aromatic heterocycles. The van der Waals surface area contributed by atoms with Crippen LogP contribution in [-0.2, 0) is 19.3 Å². The summed E-state index contributed by atoms with van der Waals surface area (Å²) in [5.74, 6) is -1.47. The summed E-state index contributed by atoms with van der Waals surface area (Å²) in [6.07, 6.45) is 0.756. The summed E-state index contributed by atoms with van der Waals surface area (Å²) < 4.78 is 37.3. The molecule has 3 aromatic carbocycles. The number of rotatable bonds is 6. The van der Waals surface area contributed by atoms with Crippen molar-refractivity contribution in [2.75, 3.05) is 10.6 Å². The monoisotopic (exact) mass is 630 g/mol. The number of amides is 3. The maximum absolute atomic E-state index is 14.2. The van der Waals surface area contributed by atoms with Gasteiger partial charge in [-0.25, -0.2) is 18.4 Å². The Bertz CT molecular complexity index is 1840. The Labute approximate surface area is 262 Å². The summed E-state index contributed by atoms with van der Waals surface area (Å²) in [6.45, 7) is 10.2. The molecule has 234 valence electrons. The van der Waals surface area contributed by atoms with Gasteiger partial charge in [-0.15, -0.1) is 0 Å². The number of pyridine rings is 1. The minimum atomic E-state index is -3.46. The van der Waals surface area contributed by atoms with Crippen molar-refractivity contribution in [3.05, 3.63) is 103 Å². The maximum atomic E-state index is 14.2. The van der Waals surface area contributed by atoms with Gasteiger partial charge in [0.2, 0.25) is 0 Å². The predicted molar refractivity (Wildman–Crippen MR) is 172 cm³/mol. The van der Waals surface area contributed by atoms with Crippen molar-refractivity contribution in [1.82, 2.24) is 4.98 Å². The minimum Gasteiger partial charge on any atom is -0.444 e. The fraction of sp³-hybridized carbons (Fsp3) is 0.235. The van der Waals surface area contributed by atoms with Crippen LogP contribution < -0.4 is 10.6 Å². The maximum Gasteiger partial charge on any atom is 0.412 e. The average molecular weight is 631 g/mol. The molecule has 1 heterocycles. The molecule has 0 saturated heterocycles. The van der Waals surface area contributed by atoms with E-state index in [9.17, 15) is 23.0 Å². The number of hydrogen-bond acceptors (Lipinski definition) is 6. The van der Waals surface area contributed by atoms with Gasteiger partial charge in [0.1, 0.15) is 26.2 Å². The summed E-state index contributed by atoms with van der Waals surface area (Å²) in [5.41, 5.74) is 0.483. The molecule has 0 radical (unpaired) electrons. The van der Waals surface area contributed by atoms with E-state index in [0.29, 0.717) is 11.1 Å². The van der Waals surface area contributed by atoms with Crippen LogP contribution in [0.3, 0.4) is 0 Å². The van der Waals surface area contributed by atoms with Crippen molar-refractivity contribution in [3.63, 3.8) is 0 Å². The van der Waals surface area contributed by atoms with Gasteiger partial charge in [0.15, 0.2) is 0 Å². The van der Waals surface area contributed by atoms with Crippen molar-refractivity contribution in [2.24, 2.45) is 9.78 Å². The fourth-order valence-corrected chi connectivity index (χ4v) is 5.88. The van der Waals surface area contributed by atoms with Gasteiger partial charge in [0.25, 0.3) is 11.8 Å². The molecule has 45 heavy (non-hydrogen) atoms. The molecule has 3 amide bonds. The summed E-state index contributed by atoms with van der Waals surface area (Å²) >= 11 is 0. The highest BCUT2D eigenvalue weighted by Crippen LogP contribution is 2.31. The fourth-order valence-electron chi connectivity index (χ4n) is 3.96. The van der Waals surface area contributed by atoms with E-state index in [1.165, 1.54) is 48.7 Å². The third kappa shape index (κ3) is 8.39. The Hall–Kier alpha value is -4.90. The summed E-state index contributed by atoms with van der Waals surface area (Å²) in [6, 6.07) is 21.6. The zero-order valence-electron chi connectivity index (χ0n) is 25.9. The van der Waals surface area contributed by atoms with Crippen LogP contribution in [0.15, 0.2) is 105 Å². The lowest BCUT2D eigenvalue weighted by molar-refractivity contribution is -0.124. The standard InChI is InChI=1S/C34H35FN4O5S/c1-33(2,3)31(41)39-45(43,29-9-7-8-20-36-29)26-17-12-23(13-18-26)30(40)37-28-21-24(22-10-15-25(35)16-11-22)14-19-27(28)38-32(42)44-34(4,5)6/h7-21H,1-6H3,(H,37,40)(H,38,42). The van der Waals surface area contributed by atoms with Gasteiger partial charge in [-0.3, -0.25) is 14.9 Å². The first-order valence-corrected chi connectivity index (χ1v) is 15.6.